The average Bonchev–Trinajstić information content (AvgIpc) is 3.47. The van der Waals surface area contributed by atoms with Crippen molar-refractivity contribution in [2.45, 2.75) is 57.8 Å². The van der Waals surface area contributed by atoms with E-state index >= 15 is 0 Å². The SMILES string of the molecule is Cc1ccc(N(c2ccc(C)cc2)c2cc(-c3ccc4c(c3)C3CCCC4CC3)cc(N(c3ccc(Br)cc3)c3ccc(Br)cc3)c2)cc1. The van der Waals surface area contributed by atoms with Crippen molar-refractivity contribution in [1.82, 2.24) is 0 Å². The summed E-state index contributed by atoms with van der Waals surface area (Å²) in [5, 5.41) is 0. The molecule has 9 rings (SSSR count). The lowest BCUT2D eigenvalue weighted by atomic mass is 9.77. The van der Waals surface area contributed by atoms with Gasteiger partial charge in [-0.2, -0.15) is 0 Å². The van der Waals surface area contributed by atoms with Gasteiger partial charge in [-0.05, 0) is 165 Å². The third-order valence-corrected chi connectivity index (χ3v) is 11.5. The smallest absolute Gasteiger partial charge is 0.0488 e. The van der Waals surface area contributed by atoms with Crippen molar-refractivity contribution >= 4 is 66.0 Å². The number of anilines is 6. The highest BCUT2D eigenvalue weighted by atomic mass is 79.9. The van der Waals surface area contributed by atoms with E-state index in [1.807, 2.05) is 0 Å². The summed E-state index contributed by atoms with van der Waals surface area (Å²) < 4.78 is 2.12. The highest BCUT2D eigenvalue weighted by Gasteiger charge is 2.31. The van der Waals surface area contributed by atoms with Gasteiger partial charge < -0.3 is 9.80 Å². The Kier molecular flexibility index (Phi) is 8.94. The minimum Gasteiger partial charge on any atom is -0.310 e. The summed E-state index contributed by atoms with van der Waals surface area (Å²) in [5.41, 5.74) is 14.9. The molecule has 0 amide bonds. The van der Waals surface area contributed by atoms with E-state index < -0.39 is 0 Å². The highest BCUT2D eigenvalue weighted by molar-refractivity contribution is 9.10. The predicted molar refractivity (Wildman–Crippen MR) is 215 cm³/mol. The molecular formula is C45H40Br2N2. The van der Waals surface area contributed by atoms with Gasteiger partial charge in [-0.3, -0.25) is 0 Å². The van der Waals surface area contributed by atoms with Gasteiger partial charge in [0.15, 0.2) is 0 Å². The Morgan fingerprint density at radius 1 is 0.408 bits per heavy atom. The van der Waals surface area contributed by atoms with Gasteiger partial charge in [-0.1, -0.05) is 91.9 Å². The van der Waals surface area contributed by atoms with Crippen molar-refractivity contribution in [2.24, 2.45) is 0 Å². The fraction of sp³-hybridized carbons (Fsp3) is 0.200. The first-order chi connectivity index (χ1) is 23.9. The van der Waals surface area contributed by atoms with E-state index in [-0.39, 0.29) is 0 Å². The van der Waals surface area contributed by atoms with Crippen molar-refractivity contribution in [1.29, 1.82) is 0 Å². The first kappa shape index (κ1) is 32.1. The highest BCUT2D eigenvalue weighted by Crippen LogP contribution is 2.49. The van der Waals surface area contributed by atoms with Gasteiger partial charge in [0.2, 0.25) is 0 Å². The fourth-order valence-corrected chi connectivity index (χ4v) is 8.41. The molecule has 1 fully saturated rings. The van der Waals surface area contributed by atoms with Crippen molar-refractivity contribution < 1.29 is 0 Å². The molecule has 0 aromatic heterocycles. The quantitative estimate of drug-likeness (QED) is 0.160. The van der Waals surface area contributed by atoms with Gasteiger partial charge in [0.05, 0.1) is 0 Å². The molecule has 0 radical (unpaired) electrons. The summed E-state index contributed by atoms with van der Waals surface area (Å²) in [6, 6.07) is 49.5. The molecule has 2 atom stereocenters. The predicted octanol–water partition coefficient (Wildman–Crippen LogP) is 14.6. The summed E-state index contributed by atoms with van der Waals surface area (Å²) in [6.45, 7) is 4.30. The molecule has 2 nitrogen and oxygen atoms in total. The van der Waals surface area contributed by atoms with Crippen LogP contribution in [-0.4, -0.2) is 0 Å². The summed E-state index contributed by atoms with van der Waals surface area (Å²) in [6.07, 6.45) is 6.65. The van der Waals surface area contributed by atoms with E-state index in [9.17, 15) is 0 Å². The second-order valence-corrected chi connectivity index (χ2v) is 15.6. The minimum atomic E-state index is 0.676. The molecule has 3 aliphatic rings. The Morgan fingerprint density at radius 2 is 0.837 bits per heavy atom. The van der Waals surface area contributed by atoms with Crippen molar-refractivity contribution in [2.75, 3.05) is 9.80 Å². The molecule has 1 saturated carbocycles. The normalized spacial score (nSPS) is 16.6. The van der Waals surface area contributed by atoms with E-state index in [1.165, 1.54) is 54.4 Å². The van der Waals surface area contributed by atoms with Crippen LogP contribution in [0.25, 0.3) is 11.1 Å². The summed E-state index contributed by atoms with van der Waals surface area (Å²) in [4.78, 5) is 4.78. The molecule has 0 N–H and O–H groups in total. The number of nitrogens with zero attached hydrogens (tertiary/aromatic N) is 2. The van der Waals surface area contributed by atoms with Crippen LogP contribution in [0.1, 0.15) is 66.2 Å². The Morgan fingerprint density at radius 3 is 1.31 bits per heavy atom. The zero-order valence-electron chi connectivity index (χ0n) is 28.0. The Hall–Kier alpha value is -4.12. The van der Waals surface area contributed by atoms with Crippen LogP contribution in [0.4, 0.5) is 34.1 Å². The van der Waals surface area contributed by atoms with Crippen LogP contribution in [0.15, 0.2) is 142 Å². The van der Waals surface area contributed by atoms with E-state index in [0.717, 1.165) is 43.1 Å². The summed E-state index contributed by atoms with van der Waals surface area (Å²) in [7, 11) is 0. The first-order valence-corrected chi connectivity index (χ1v) is 19.0. The molecule has 6 aromatic rings. The van der Waals surface area contributed by atoms with Crippen molar-refractivity contribution in [3.63, 3.8) is 0 Å². The van der Waals surface area contributed by atoms with Gasteiger partial charge >= 0.3 is 0 Å². The standard InChI is InChI=1S/C45H40Br2N2/c1-30-6-17-38(18-7-30)48(39-19-8-31(2)9-20-39)42-26-35(34-12-25-44-32-4-3-5-33(11-10-32)45(44)28-34)27-43(29-42)49(40-21-13-36(46)14-22-40)41-23-15-37(47)16-24-41/h6-9,12-29,32-33H,3-5,10-11H2,1-2H3. The molecule has 244 valence electrons. The second kappa shape index (κ2) is 13.7. The molecule has 49 heavy (non-hydrogen) atoms. The van der Waals surface area contributed by atoms with Crippen LogP contribution in [0.3, 0.4) is 0 Å². The van der Waals surface area contributed by atoms with Crippen LogP contribution >= 0.6 is 31.9 Å². The van der Waals surface area contributed by atoms with Crippen molar-refractivity contribution in [3.05, 3.63) is 165 Å². The van der Waals surface area contributed by atoms with Crippen LogP contribution in [0.5, 0.6) is 0 Å². The monoisotopic (exact) mass is 766 g/mol. The van der Waals surface area contributed by atoms with E-state index in [2.05, 4.69) is 189 Å². The number of fused-ring (bicyclic) bond motifs is 3. The largest absolute Gasteiger partial charge is 0.310 e. The van der Waals surface area contributed by atoms with E-state index in [1.54, 1.807) is 11.1 Å². The Labute approximate surface area is 307 Å². The maximum absolute atomic E-state index is 3.67. The lowest BCUT2D eigenvalue weighted by Crippen LogP contribution is -2.14. The number of aryl methyl sites for hydroxylation is 2. The third-order valence-electron chi connectivity index (χ3n) is 10.4. The number of rotatable bonds is 7. The molecule has 6 aromatic carbocycles. The molecule has 0 aliphatic heterocycles. The zero-order valence-corrected chi connectivity index (χ0v) is 31.2. The van der Waals surface area contributed by atoms with Crippen LogP contribution in [0, 0.1) is 13.8 Å². The van der Waals surface area contributed by atoms with Gasteiger partial charge in [0.25, 0.3) is 0 Å². The second-order valence-electron chi connectivity index (χ2n) is 13.8. The maximum atomic E-state index is 3.67. The minimum absolute atomic E-state index is 0.676. The van der Waals surface area contributed by atoms with Crippen molar-refractivity contribution in [3.8, 4) is 11.1 Å². The number of hydrogen-bond acceptors (Lipinski definition) is 2. The van der Waals surface area contributed by atoms with Gasteiger partial charge in [0, 0.05) is 43.1 Å². The molecule has 0 heterocycles. The van der Waals surface area contributed by atoms with Crippen LogP contribution in [0.2, 0.25) is 0 Å². The molecule has 4 heteroatoms. The number of benzene rings is 6. The molecule has 3 aliphatic carbocycles. The third kappa shape index (κ3) is 6.61. The zero-order chi connectivity index (χ0) is 33.5. The molecule has 2 bridgehead atoms. The lowest BCUT2D eigenvalue weighted by molar-refractivity contribution is 0.527. The molecule has 2 unspecified atom stereocenters. The fourth-order valence-electron chi connectivity index (χ4n) is 7.89. The van der Waals surface area contributed by atoms with Gasteiger partial charge in [-0.15, -0.1) is 0 Å². The van der Waals surface area contributed by atoms with E-state index in [4.69, 9.17) is 0 Å². The number of hydrogen-bond donors (Lipinski definition) is 0. The van der Waals surface area contributed by atoms with E-state index in [0.29, 0.717) is 11.8 Å². The Bertz CT molecular complexity index is 1880. The Balaban J connectivity index is 1.37. The van der Waals surface area contributed by atoms with Crippen LogP contribution < -0.4 is 9.80 Å². The summed E-state index contributed by atoms with van der Waals surface area (Å²) >= 11 is 7.34. The van der Waals surface area contributed by atoms with Gasteiger partial charge in [-0.25, -0.2) is 0 Å². The topological polar surface area (TPSA) is 6.48 Å². The summed E-state index contributed by atoms with van der Waals surface area (Å²) in [5.74, 6) is 1.39. The van der Waals surface area contributed by atoms with Crippen LogP contribution in [-0.2, 0) is 0 Å². The molecule has 0 spiro atoms. The van der Waals surface area contributed by atoms with Gasteiger partial charge in [0.1, 0.15) is 0 Å². The molecule has 0 saturated heterocycles. The first-order valence-electron chi connectivity index (χ1n) is 17.4. The molecular weight excluding hydrogens is 728 g/mol. The lowest BCUT2D eigenvalue weighted by Gasteiger charge is -2.31. The number of halogens is 2. The maximum Gasteiger partial charge on any atom is 0.0488 e. The average molecular weight is 769 g/mol.